The molecule has 6 atom stereocenters. The second kappa shape index (κ2) is 24.1. The molecule has 6 nitrogen and oxygen atoms in total. The summed E-state index contributed by atoms with van der Waals surface area (Å²) in [6.07, 6.45) is 12.2. The first-order valence-corrected chi connectivity index (χ1v) is 22.6. The van der Waals surface area contributed by atoms with Crippen LogP contribution in [0.5, 0.6) is 17.2 Å². The van der Waals surface area contributed by atoms with Crippen molar-refractivity contribution in [1.82, 2.24) is 9.80 Å². The molecule has 4 aromatic carbocycles. The summed E-state index contributed by atoms with van der Waals surface area (Å²) in [5, 5.41) is 9.87. The minimum Gasteiger partial charge on any atom is -1.00 e. The second-order valence-corrected chi connectivity index (χ2v) is 18.4. The van der Waals surface area contributed by atoms with Gasteiger partial charge in [0.05, 0.1) is 19.3 Å². The van der Waals surface area contributed by atoms with Crippen molar-refractivity contribution >= 4 is 0 Å². The summed E-state index contributed by atoms with van der Waals surface area (Å²) in [6.45, 7) is 15.9. The molecule has 322 valence electrons. The average Bonchev–Trinajstić information content (AvgIpc) is 3.20. The number of rotatable bonds is 12. The number of aliphatic hydroxyl groups excluding tert-OH is 1. The molecule has 60 heavy (non-hydrogen) atoms. The topological polar surface area (TPSA) is 54.4 Å². The average molecular weight is 831 g/mol. The summed E-state index contributed by atoms with van der Waals surface area (Å²) in [6, 6.07) is 35.3. The van der Waals surface area contributed by atoms with Gasteiger partial charge in [-0.3, -0.25) is 9.80 Å². The molecule has 4 bridgehead atoms. The fourth-order valence-corrected chi connectivity index (χ4v) is 9.32. The van der Waals surface area contributed by atoms with Crippen LogP contribution < -0.4 is 43.8 Å². The minimum absolute atomic E-state index is 0. The number of halogens is 1. The van der Waals surface area contributed by atoms with E-state index in [0.717, 1.165) is 62.4 Å². The van der Waals surface area contributed by atoms with Gasteiger partial charge in [-0.2, -0.15) is 0 Å². The van der Waals surface area contributed by atoms with Crippen LogP contribution in [-0.2, 0) is 13.1 Å². The van der Waals surface area contributed by atoms with Crippen LogP contribution in [0, 0.1) is 31.5 Å². The van der Waals surface area contributed by atoms with Gasteiger partial charge >= 0.3 is 29.6 Å². The first kappa shape index (κ1) is 48.1. The molecule has 0 amide bonds. The predicted molar refractivity (Wildman–Crippen MR) is 240 cm³/mol. The van der Waals surface area contributed by atoms with Gasteiger partial charge in [0, 0.05) is 37.3 Å². The van der Waals surface area contributed by atoms with Gasteiger partial charge in [0.2, 0.25) is 0 Å². The number of benzene rings is 4. The van der Waals surface area contributed by atoms with Crippen LogP contribution in [0.15, 0.2) is 97.1 Å². The van der Waals surface area contributed by atoms with E-state index in [1.54, 1.807) is 12.1 Å². The van der Waals surface area contributed by atoms with Crippen molar-refractivity contribution in [3.05, 3.63) is 125 Å². The summed E-state index contributed by atoms with van der Waals surface area (Å²) in [4.78, 5) is 5.37. The second-order valence-electron chi connectivity index (χ2n) is 18.4. The molecule has 0 radical (unpaired) electrons. The molecule has 4 heterocycles. The van der Waals surface area contributed by atoms with Crippen LogP contribution in [0.1, 0.15) is 116 Å². The third kappa shape index (κ3) is 14.6. The number of hydrogen-bond donors (Lipinski definition) is 1. The van der Waals surface area contributed by atoms with Crippen molar-refractivity contribution in [2.45, 2.75) is 155 Å². The van der Waals surface area contributed by atoms with E-state index in [-0.39, 0.29) is 49.0 Å². The van der Waals surface area contributed by atoms with Crippen LogP contribution in [0.2, 0.25) is 0 Å². The van der Waals surface area contributed by atoms with Crippen molar-refractivity contribution in [1.29, 1.82) is 0 Å². The Kier molecular flexibility index (Phi) is 19.3. The number of aliphatic hydroxyl groups is 1. The zero-order valence-electron chi connectivity index (χ0n) is 38.7. The van der Waals surface area contributed by atoms with E-state index in [9.17, 15) is 9.50 Å². The molecular weight excluding hydrogens is 759 g/mol. The number of hydrogen-bond acceptors (Lipinski definition) is 6. The van der Waals surface area contributed by atoms with Gasteiger partial charge in [0.1, 0.15) is 6.10 Å². The molecule has 0 spiro atoms. The van der Waals surface area contributed by atoms with Crippen LogP contribution in [0.25, 0.3) is 0 Å². The van der Waals surface area contributed by atoms with E-state index in [0.29, 0.717) is 48.4 Å². The van der Waals surface area contributed by atoms with Crippen LogP contribution in [0.4, 0.5) is 4.39 Å². The van der Waals surface area contributed by atoms with Crippen molar-refractivity contribution < 1.29 is 54.7 Å². The zero-order chi connectivity index (χ0) is 41.7. The quantitative estimate of drug-likeness (QED) is 0.144. The molecule has 4 saturated heterocycles. The Morgan fingerprint density at radius 2 is 1.03 bits per heavy atom. The van der Waals surface area contributed by atoms with E-state index in [2.05, 4.69) is 109 Å². The molecule has 4 aliphatic rings. The van der Waals surface area contributed by atoms with Gasteiger partial charge in [-0.1, -0.05) is 113 Å². The summed E-state index contributed by atoms with van der Waals surface area (Å²) in [5.74, 6) is 2.80. The Labute approximate surface area is 385 Å². The van der Waals surface area contributed by atoms with Gasteiger partial charge in [0.15, 0.2) is 23.1 Å². The summed E-state index contributed by atoms with van der Waals surface area (Å²) >= 11 is 0. The van der Waals surface area contributed by atoms with Gasteiger partial charge in [-0.05, 0) is 124 Å². The molecule has 2 unspecified atom stereocenters. The van der Waals surface area contributed by atoms with Crippen molar-refractivity contribution in [3.63, 3.8) is 0 Å². The Balaban J connectivity index is 0.000000218. The number of ether oxygens (including phenoxy) is 3. The summed E-state index contributed by atoms with van der Waals surface area (Å²) in [5.41, 5.74) is 5.05. The molecule has 0 saturated carbocycles. The van der Waals surface area contributed by atoms with Crippen molar-refractivity contribution in [2.24, 2.45) is 11.8 Å². The number of piperidine rings is 4. The first-order chi connectivity index (χ1) is 28.5. The van der Waals surface area contributed by atoms with E-state index < -0.39 is 0 Å². The third-order valence-electron chi connectivity index (χ3n) is 12.2. The Morgan fingerprint density at radius 1 is 0.600 bits per heavy atom. The standard InChI is InChI=1S/C26H35NO2.C15H21NO.C11H15FO.Na.H/c1-19(2)18-28-26-14-20(3)12-13-25(26)29-24-15-22-10-7-11-23(16-24)27(22)17-21-8-5-4-6-9-21;17-15-9-13-7-4-8-14(10-15)16(13)11-12-5-2-1-3-6-12;1-8(2)7-13-11-6-9(3)4-5-10(11)12;;/h4-6,8-9,12-14,19,22-24H,7,10-11,15-18H2,1-3H3;1-3,5-6,13-15,17H,4,7-11H2;4-6,8H,7H2,1-3H3;;/q;;;+1;-1/t22-,23+,24?;13-,14+,15?;;;. The van der Waals surface area contributed by atoms with E-state index in [1.165, 1.54) is 61.3 Å². The Hall–Kier alpha value is -2.91. The smallest absolute Gasteiger partial charge is 1.00 e. The number of fused-ring (bicyclic) bond motifs is 4. The van der Waals surface area contributed by atoms with Gasteiger partial charge in [-0.25, -0.2) is 4.39 Å². The van der Waals surface area contributed by atoms with Crippen molar-refractivity contribution in [2.75, 3.05) is 13.2 Å². The van der Waals surface area contributed by atoms with Gasteiger partial charge < -0.3 is 20.7 Å². The maximum absolute atomic E-state index is 13.1. The zero-order valence-corrected chi connectivity index (χ0v) is 39.7. The van der Waals surface area contributed by atoms with Crippen LogP contribution in [-0.4, -0.2) is 64.5 Å². The maximum Gasteiger partial charge on any atom is 1.00 e. The molecule has 4 fully saturated rings. The Morgan fingerprint density at radius 3 is 1.52 bits per heavy atom. The molecule has 4 aliphatic heterocycles. The monoisotopic (exact) mass is 831 g/mol. The fraction of sp³-hybridized carbons (Fsp3) is 0.538. The minimum atomic E-state index is -0.286. The van der Waals surface area contributed by atoms with Gasteiger partial charge in [-0.15, -0.1) is 0 Å². The van der Waals surface area contributed by atoms with Crippen molar-refractivity contribution in [3.8, 4) is 17.2 Å². The fourth-order valence-electron chi connectivity index (χ4n) is 9.32. The largest absolute Gasteiger partial charge is 1.00 e. The molecule has 1 N–H and O–H groups in total. The first-order valence-electron chi connectivity index (χ1n) is 22.6. The van der Waals surface area contributed by atoms with Crippen LogP contribution >= 0.6 is 0 Å². The maximum atomic E-state index is 13.1. The van der Waals surface area contributed by atoms with Crippen LogP contribution in [0.3, 0.4) is 0 Å². The third-order valence-corrected chi connectivity index (χ3v) is 12.2. The van der Waals surface area contributed by atoms with E-state index in [1.807, 2.05) is 20.8 Å². The molecule has 8 rings (SSSR count). The molecule has 8 heteroatoms. The summed E-state index contributed by atoms with van der Waals surface area (Å²) < 4.78 is 31.0. The normalized spacial score (nSPS) is 23.6. The molecule has 0 aliphatic carbocycles. The van der Waals surface area contributed by atoms with E-state index in [4.69, 9.17) is 14.2 Å². The molecule has 4 aromatic rings. The predicted octanol–water partition coefficient (Wildman–Crippen LogP) is 8.84. The molecular formula is C52H72FN2NaO4. The van der Waals surface area contributed by atoms with E-state index >= 15 is 0 Å². The number of nitrogens with zero attached hydrogens (tertiary/aromatic N) is 2. The Bertz CT molecular complexity index is 1820. The SMILES string of the molecule is Cc1ccc(F)c(OCC(C)C)c1.Cc1ccc(OC2C[C@H]3CCC[C@@H](C2)N3Cc2ccccc2)c(OCC(C)C)c1.OC1C[C@H]2CCC[C@@H](C1)N2Cc1ccccc1.[H-].[Na+]. The summed E-state index contributed by atoms with van der Waals surface area (Å²) in [7, 11) is 0. The number of aryl methyl sites for hydroxylation is 2. The van der Waals surface area contributed by atoms with Gasteiger partial charge in [0.25, 0.3) is 0 Å². The molecule has 0 aromatic heterocycles.